The summed E-state index contributed by atoms with van der Waals surface area (Å²) < 4.78 is 50.8. The van der Waals surface area contributed by atoms with Crippen molar-refractivity contribution in [1.29, 1.82) is 0 Å². The molecule has 0 aromatic heterocycles. The Hall–Kier alpha value is -1.76. The van der Waals surface area contributed by atoms with Crippen molar-refractivity contribution in [3.05, 3.63) is 23.8 Å². The summed E-state index contributed by atoms with van der Waals surface area (Å²) in [6, 6.07) is 4.71. The Morgan fingerprint density at radius 2 is 2.00 bits per heavy atom. The molecule has 1 aromatic carbocycles. The summed E-state index contributed by atoms with van der Waals surface area (Å²) in [5.74, 6) is 0.732. The number of carbonyl (C=O) groups excluding carboxylic acids is 1. The number of Topliss-reactive ketones (excluding diaryl/α,β-unsaturated/α-hetero) is 1. The van der Waals surface area contributed by atoms with E-state index in [9.17, 15) is 18.0 Å². The maximum Gasteiger partial charge on any atom is 0.389 e. The number of alkyl halides is 3. The van der Waals surface area contributed by atoms with Crippen LogP contribution in [-0.4, -0.2) is 32.0 Å². The molecule has 2 rings (SSSR count). The number of hydrogen-bond donors (Lipinski definition) is 0. The number of hydrogen-bond acceptors (Lipinski definition) is 4. The van der Waals surface area contributed by atoms with Crippen LogP contribution in [0.25, 0.3) is 0 Å². The van der Waals surface area contributed by atoms with Gasteiger partial charge in [0, 0.05) is 18.6 Å². The van der Waals surface area contributed by atoms with Crippen molar-refractivity contribution in [2.75, 3.05) is 20.0 Å². The van der Waals surface area contributed by atoms with Gasteiger partial charge in [-0.2, -0.15) is 13.2 Å². The zero-order valence-corrected chi connectivity index (χ0v) is 10.5. The van der Waals surface area contributed by atoms with Crippen LogP contribution in [0.1, 0.15) is 23.2 Å². The van der Waals surface area contributed by atoms with Gasteiger partial charge in [-0.05, 0) is 24.6 Å². The lowest BCUT2D eigenvalue weighted by Crippen LogP contribution is -2.12. The van der Waals surface area contributed by atoms with E-state index in [4.69, 9.17) is 14.2 Å². The van der Waals surface area contributed by atoms with E-state index in [1.165, 1.54) is 6.07 Å². The standard InChI is InChI=1S/C13H13F3O4/c14-13(15,16)4-1-5-18-7-10(17)9-2-3-11-12(6-9)20-8-19-11/h2-3,6H,1,4-5,7-8H2. The van der Waals surface area contributed by atoms with Gasteiger partial charge in [0.25, 0.3) is 0 Å². The first-order valence-corrected chi connectivity index (χ1v) is 6.03. The van der Waals surface area contributed by atoms with Gasteiger partial charge in [-0.3, -0.25) is 4.79 Å². The van der Waals surface area contributed by atoms with Gasteiger partial charge >= 0.3 is 6.18 Å². The fraction of sp³-hybridized carbons (Fsp3) is 0.462. The van der Waals surface area contributed by atoms with Gasteiger partial charge in [0.1, 0.15) is 6.61 Å². The van der Waals surface area contributed by atoms with E-state index in [0.717, 1.165) is 0 Å². The van der Waals surface area contributed by atoms with Crippen molar-refractivity contribution in [2.24, 2.45) is 0 Å². The van der Waals surface area contributed by atoms with Gasteiger partial charge in [-0.25, -0.2) is 0 Å². The quantitative estimate of drug-likeness (QED) is 0.597. The van der Waals surface area contributed by atoms with Gasteiger partial charge in [0.05, 0.1) is 0 Å². The molecule has 0 unspecified atom stereocenters. The number of ether oxygens (including phenoxy) is 3. The third kappa shape index (κ3) is 4.12. The van der Waals surface area contributed by atoms with Crippen molar-refractivity contribution in [3.8, 4) is 11.5 Å². The molecule has 1 aliphatic rings. The summed E-state index contributed by atoms with van der Waals surface area (Å²) >= 11 is 0. The summed E-state index contributed by atoms with van der Waals surface area (Å²) in [6.07, 6.45) is -5.26. The summed E-state index contributed by atoms with van der Waals surface area (Å²) in [7, 11) is 0. The van der Waals surface area contributed by atoms with E-state index in [1.54, 1.807) is 12.1 Å². The van der Waals surface area contributed by atoms with E-state index in [-0.39, 0.29) is 32.2 Å². The number of ketones is 1. The Kier molecular flexibility index (Phi) is 4.49. The molecule has 0 spiro atoms. The topological polar surface area (TPSA) is 44.8 Å². The van der Waals surface area contributed by atoms with Crippen LogP contribution in [0.5, 0.6) is 11.5 Å². The van der Waals surface area contributed by atoms with E-state index in [1.807, 2.05) is 0 Å². The number of fused-ring (bicyclic) bond motifs is 1. The van der Waals surface area contributed by atoms with Crippen molar-refractivity contribution >= 4 is 5.78 Å². The van der Waals surface area contributed by atoms with Gasteiger partial charge in [-0.15, -0.1) is 0 Å². The molecule has 20 heavy (non-hydrogen) atoms. The molecule has 0 aliphatic carbocycles. The van der Waals surface area contributed by atoms with Crippen LogP contribution in [0.4, 0.5) is 13.2 Å². The highest BCUT2D eigenvalue weighted by Crippen LogP contribution is 2.32. The molecule has 1 heterocycles. The maximum absolute atomic E-state index is 11.9. The molecule has 0 saturated carbocycles. The molecule has 0 saturated heterocycles. The monoisotopic (exact) mass is 290 g/mol. The van der Waals surface area contributed by atoms with E-state index in [2.05, 4.69) is 0 Å². The minimum absolute atomic E-state index is 0.101. The average Bonchev–Trinajstić information content (AvgIpc) is 2.83. The lowest BCUT2D eigenvalue weighted by molar-refractivity contribution is -0.137. The average molecular weight is 290 g/mol. The Morgan fingerprint density at radius 1 is 1.25 bits per heavy atom. The van der Waals surface area contributed by atoms with Crippen LogP contribution in [0.15, 0.2) is 18.2 Å². The van der Waals surface area contributed by atoms with Crippen LogP contribution >= 0.6 is 0 Å². The summed E-state index contributed by atoms with van der Waals surface area (Å²) in [5.41, 5.74) is 0.380. The van der Waals surface area contributed by atoms with Gasteiger partial charge in [-0.1, -0.05) is 0 Å². The van der Waals surface area contributed by atoms with Gasteiger partial charge in [0.15, 0.2) is 17.3 Å². The number of rotatable bonds is 6. The summed E-state index contributed by atoms with van der Waals surface area (Å²) in [6.45, 7) is -0.242. The first-order chi connectivity index (χ1) is 9.46. The Bertz CT molecular complexity index is 485. The highest BCUT2D eigenvalue weighted by Gasteiger charge is 2.26. The molecule has 0 N–H and O–H groups in total. The van der Waals surface area contributed by atoms with Crippen LogP contribution in [-0.2, 0) is 4.74 Å². The number of halogens is 3. The molecule has 0 fully saturated rings. The second-order valence-electron chi connectivity index (χ2n) is 4.26. The van der Waals surface area contributed by atoms with Crippen molar-refractivity contribution in [2.45, 2.75) is 19.0 Å². The Morgan fingerprint density at radius 3 is 2.75 bits per heavy atom. The minimum Gasteiger partial charge on any atom is -0.454 e. The highest BCUT2D eigenvalue weighted by molar-refractivity contribution is 5.97. The van der Waals surface area contributed by atoms with Crippen LogP contribution < -0.4 is 9.47 Å². The largest absolute Gasteiger partial charge is 0.454 e. The van der Waals surface area contributed by atoms with Crippen LogP contribution in [0.2, 0.25) is 0 Å². The molecule has 0 atom stereocenters. The molecule has 0 radical (unpaired) electrons. The summed E-state index contributed by atoms with van der Waals surface area (Å²) in [4.78, 5) is 11.8. The predicted octanol–water partition coefficient (Wildman–Crippen LogP) is 2.96. The maximum atomic E-state index is 11.9. The van der Waals surface area contributed by atoms with Gasteiger partial charge in [0.2, 0.25) is 6.79 Å². The molecule has 1 aliphatic heterocycles. The highest BCUT2D eigenvalue weighted by atomic mass is 19.4. The Labute approximate surface area is 113 Å². The zero-order valence-electron chi connectivity index (χ0n) is 10.5. The SMILES string of the molecule is O=C(COCCCC(F)(F)F)c1ccc2c(c1)OCO2. The van der Waals surface area contributed by atoms with Crippen LogP contribution in [0.3, 0.4) is 0 Å². The Balaban J connectivity index is 1.75. The van der Waals surface area contributed by atoms with Gasteiger partial charge < -0.3 is 14.2 Å². The lowest BCUT2D eigenvalue weighted by atomic mass is 10.1. The number of benzene rings is 1. The van der Waals surface area contributed by atoms with Crippen LogP contribution in [0, 0.1) is 0 Å². The molecule has 0 bridgehead atoms. The predicted molar refractivity (Wildman–Crippen MR) is 63.0 cm³/mol. The molecule has 1 aromatic rings. The lowest BCUT2D eigenvalue weighted by Gasteiger charge is -2.07. The molecular formula is C13H13F3O4. The van der Waals surface area contributed by atoms with E-state index in [0.29, 0.717) is 17.1 Å². The third-order valence-corrected chi connectivity index (χ3v) is 2.68. The van der Waals surface area contributed by atoms with Crippen molar-refractivity contribution in [1.82, 2.24) is 0 Å². The molecule has 110 valence electrons. The molecular weight excluding hydrogens is 277 g/mol. The first kappa shape index (κ1) is 14.6. The zero-order chi connectivity index (χ0) is 14.6. The number of carbonyl (C=O) groups is 1. The molecule has 7 heteroatoms. The van der Waals surface area contributed by atoms with Crippen molar-refractivity contribution < 1.29 is 32.2 Å². The van der Waals surface area contributed by atoms with E-state index < -0.39 is 12.6 Å². The third-order valence-electron chi connectivity index (χ3n) is 2.68. The normalized spacial score (nSPS) is 13.6. The minimum atomic E-state index is -4.19. The fourth-order valence-electron chi connectivity index (χ4n) is 1.69. The second-order valence-corrected chi connectivity index (χ2v) is 4.26. The molecule has 0 amide bonds. The first-order valence-electron chi connectivity index (χ1n) is 6.03. The second kappa shape index (κ2) is 6.13. The molecule has 4 nitrogen and oxygen atoms in total. The summed E-state index contributed by atoms with van der Waals surface area (Å²) in [5, 5.41) is 0. The fourth-order valence-corrected chi connectivity index (χ4v) is 1.69. The van der Waals surface area contributed by atoms with Crippen molar-refractivity contribution in [3.63, 3.8) is 0 Å². The van der Waals surface area contributed by atoms with E-state index >= 15 is 0 Å². The smallest absolute Gasteiger partial charge is 0.389 e.